The molecule has 0 aliphatic rings. The minimum Gasteiger partial charge on any atom is -0.383 e. The van der Waals surface area contributed by atoms with Gasteiger partial charge in [0.25, 0.3) is 0 Å². The van der Waals surface area contributed by atoms with Crippen LogP contribution in [-0.2, 0) is 14.8 Å². The van der Waals surface area contributed by atoms with Crippen molar-refractivity contribution >= 4 is 60.5 Å². The SMILES string of the molecule is COCC(CBr)NS(=O)(=O)c1cc(Cl)sc1Cl. The molecule has 0 aliphatic heterocycles. The van der Waals surface area contributed by atoms with Gasteiger partial charge in [0.15, 0.2) is 0 Å². The van der Waals surface area contributed by atoms with Gasteiger partial charge in [-0.05, 0) is 6.07 Å². The Balaban J connectivity index is 2.92. The van der Waals surface area contributed by atoms with Gasteiger partial charge in [-0.2, -0.15) is 0 Å². The third-order valence-electron chi connectivity index (χ3n) is 1.79. The molecular formula is C8H10BrCl2NO3S2. The van der Waals surface area contributed by atoms with Gasteiger partial charge in [-0.3, -0.25) is 0 Å². The number of hydrogen-bond acceptors (Lipinski definition) is 4. The average molecular weight is 383 g/mol. The Morgan fingerprint density at radius 3 is 2.65 bits per heavy atom. The summed E-state index contributed by atoms with van der Waals surface area (Å²) < 4.78 is 31.8. The highest BCUT2D eigenvalue weighted by atomic mass is 79.9. The van der Waals surface area contributed by atoms with Crippen molar-refractivity contribution in [3.8, 4) is 0 Å². The molecule has 0 aromatic carbocycles. The maximum absolute atomic E-state index is 12.0. The smallest absolute Gasteiger partial charge is 0.243 e. The van der Waals surface area contributed by atoms with Crippen molar-refractivity contribution < 1.29 is 13.2 Å². The maximum Gasteiger partial charge on any atom is 0.243 e. The molecule has 0 saturated heterocycles. The highest BCUT2D eigenvalue weighted by Crippen LogP contribution is 2.34. The number of ether oxygens (including phenoxy) is 1. The molecule has 0 saturated carbocycles. The van der Waals surface area contributed by atoms with Crippen LogP contribution in [0.1, 0.15) is 0 Å². The van der Waals surface area contributed by atoms with Crippen molar-refractivity contribution in [3.63, 3.8) is 0 Å². The van der Waals surface area contributed by atoms with E-state index in [0.29, 0.717) is 9.67 Å². The van der Waals surface area contributed by atoms with Gasteiger partial charge in [0.2, 0.25) is 10.0 Å². The van der Waals surface area contributed by atoms with E-state index in [0.717, 1.165) is 11.3 Å². The van der Waals surface area contributed by atoms with Crippen LogP contribution in [-0.4, -0.2) is 33.5 Å². The lowest BCUT2D eigenvalue weighted by molar-refractivity contribution is 0.182. The van der Waals surface area contributed by atoms with Gasteiger partial charge in [0, 0.05) is 12.4 Å². The van der Waals surface area contributed by atoms with E-state index in [2.05, 4.69) is 20.7 Å². The first-order valence-electron chi connectivity index (χ1n) is 4.42. The van der Waals surface area contributed by atoms with Crippen molar-refractivity contribution in [2.75, 3.05) is 19.0 Å². The number of sulfonamides is 1. The number of hydrogen-bond donors (Lipinski definition) is 1. The maximum atomic E-state index is 12.0. The van der Waals surface area contributed by atoms with Gasteiger partial charge in [-0.15, -0.1) is 11.3 Å². The van der Waals surface area contributed by atoms with Gasteiger partial charge in [0.1, 0.15) is 9.23 Å². The summed E-state index contributed by atoms with van der Waals surface area (Å²) in [7, 11) is -2.17. The molecule has 0 bridgehead atoms. The second-order valence-electron chi connectivity index (χ2n) is 3.12. The largest absolute Gasteiger partial charge is 0.383 e. The first kappa shape index (κ1) is 15.7. The van der Waals surface area contributed by atoms with Crippen LogP contribution in [0.25, 0.3) is 0 Å². The Bertz CT molecular complexity index is 477. The highest BCUT2D eigenvalue weighted by molar-refractivity contribution is 9.09. The molecule has 1 aromatic rings. The summed E-state index contributed by atoms with van der Waals surface area (Å²) >= 11 is 15.7. The summed E-state index contributed by atoms with van der Waals surface area (Å²) in [6.45, 7) is 0.264. The Kier molecular flexibility index (Phi) is 6.18. The fourth-order valence-electron chi connectivity index (χ4n) is 1.10. The Hall–Kier alpha value is 0.630. The van der Waals surface area contributed by atoms with Crippen LogP contribution in [0.2, 0.25) is 8.67 Å². The zero-order valence-electron chi connectivity index (χ0n) is 8.74. The molecular weight excluding hydrogens is 373 g/mol. The lowest BCUT2D eigenvalue weighted by Crippen LogP contribution is -2.39. The first-order valence-corrected chi connectivity index (χ1v) is 8.60. The molecule has 17 heavy (non-hydrogen) atoms. The molecule has 1 heterocycles. The van der Waals surface area contributed by atoms with E-state index in [9.17, 15) is 8.42 Å². The van der Waals surface area contributed by atoms with Crippen molar-refractivity contribution in [1.82, 2.24) is 4.72 Å². The highest BCUT2D eigenvalue weighted by Gasteiger charge is 2.24. The fourth-order valence-corrected chi connectivity index (χ4v) is 5.04. The normalized spacial score (nSPS) is 13.9. The molecule has 0 spiro atoms. The number of methoxy groups -OCH3 is 1. The predicted molar refractivity (Wildman–Crippen MR) is 74.1 cm³/mol. The minimum absolute atomic E-state index is 0.00350. The van der Waals surface area contributed by atoms with Crippen molar-refractivity contribution in [2.24, 2.45) is 0 Å². The van der Waals surface area contributed by atoms with Gasteiger partial charge >= 0.3 is 0 Å². The van der Waals surface area contributed by atoms with E-state index in [1.54, 1.807) is 0 Å². The second-order valence-corrected chi connectivity index (χ2v) is 7.73. The standard InChI is InChI=1S/C8H10BrCl2NO3S2/c1-15-4-5(3-9)12-17(13,14)6-2-7(10)16-8(6)11/h2,5,12H,3-4H2,1H3. The summed E-state index contributed by atoms with van der Waals surface area (Å²) in [5, 5.41) is 0.440. The number of halogens is 3. The molecule has 0 aliphatic carbocycles. The third-order valence-corrected chi connectivity index (χ3v) is 5.85. The zero-order chi connectivity index (χ0) is 13.1. The molecule has 0 radical (unpaired) electrons. The molecule has 98 valence electrons. The van der Waals surface area contributed by atoms with Crippen molar-refractivity contribution in [1.29, 1.82) is 0 Å². The van der Waals surface area contributed by atoms with Crippen molar-refractivity contribution in [3.05, 3.63) is 14.7 Å². The molecule has 1 atom stereocenters. The van der Waals surface area contributed by atoms with Crippen molar-refractivity contribution in [2.45, 2.75) is 10.9 Å². The van der Waals surface area contributed by atoms with E-state index < -0.39 is 10.0 Å². The Morgan fingerprint density at radius 1 is 1.59 bits per heavy atom. The number of nitrogens with one attached hydrogen (secondary N) is 1. The third kappa shape index (κ3) is 4.34. The summed E-state index contributed by atoms with van der Waals surface area (Å²) in [5.74, 6) is 0. The van der Waals surface area contributed by atoms with Gasteiger partial charge in [0.05, 0.1) is 17.0 Å². The van der Waals surface area contributed by atoms with E-state index in [1.807, 2.05) is 0 Å². The minimum atomic E-state index is -3.67. The summed E-state index contributed by atoms with van der Waals surface area (Å²) in [5.41, 5.74) is 0. The van der Waals surface area contributed by atoms with E-state index >= 15 is 0 Å². The van der Waals surface area contributed by atoms with Crippen LogP contribution in [0.3, 0.4) is 0 Å². The molecule has 9 heteroatoms. The second kappa shape index (κ2) is 6.70. The topological polar surface area (TPSA) is 55.4 Å². The quantitative estimate of drug-likeness (QED) is 0.769. The summed E-state index contributed by atoms with van der Waals surface area (Å²) in [6.07, 6.45) is 0. The molecule has 1 N–H and O–H groups in total. The predicted octanol–water partition coefficient (Wildman–Crippen LogP) is 2.74. The fraction of sp³-hybridized carbons (Fsp3) is 0.500. The van der Waals surface area contributed by atoms with Gasteiger partial charge < -0.3 is 4.74 Å². The van der Waals surface area contributed by atoms with E-state index in [-0.39, 0.29) is 21.9 Å². The molecule has 1 aromatic heterocycles. The number of alkyl halides is 1. The molecule has 4 nitrogen and oxygen atoms in total. The lowest BCUT2D eigenvalue weighted by Gasteiger charge is -2.14. The molecule has 0 fully saturated rings. The van der Waals surface area contributed by atoms with Crippen LogP contribution in [0, 0.1) is 0 Å². The van der Waals surface area contributed by atoms with Gasteiger partial charge in [-0.25, -0.2) is 13.1 Å². The number of thiophene rings is 1. The van der Waals surface area contributed by atoms with Crippen LogP contribution in [0.15, 0.2) is 11.0 Å². The van der Waals surface area contributed by atoms with Crippen LogP contribution < -0.4 is 4.72 Å². The average Bonchev–Trinajstić information content (AvgIpc) is 2.57. The first-order chi connectivity index (χ1) is 7.90. The van der Waals surface area contributed by atoms with E-state index in [1.165, 1.54) is 13.2 Å². The van der Waals surface area contributed by atoms with Crippen LogP contribution in [0.4, 0.5) is 0 Å². The Morgan fingerprint density at radius 2 is 2.24 bits per heavy atom. The van der Waals surface area contributed by atoms with Crippen LogP contribution in [0.5, 0.6) is 0 Å². The monoisotopic (exact) mass is 381 g/mol. The molecule has 1 rings (SSSR count). The summed E-state index contributed by atoms with van der Waals surface area (Å²) in [4.78, 5) is -0.00350. The van der Waals surface area contributed by atoms with Gasteiger partial charge in [-0.1, -0.05) is 39.1 Å². The van der Waals surface area contributed by atoms with E-state index in [4.69, 9.17) is 27.9 Å². The Labute approximate surface area is 122 Å². The molecule has 1 unspecified atom stereocenters. The van der Waals surface area contributed by atoms with Crippen LogP contribution >= 0.6 is 50.5 Å². The lowest BCUT2D eigenvalue weighted by atomic mass is 10.4. The number of rotatable bonds is 6. The molecule has 0 amide bonds. The summed E-state index contributed by atoms with van der Waals surface area (Å²) in [6, 6.07) is 0.967. The zero-order valence-corrected chi connectivity index (χ0v) is 13.5.